The Kier molecular flexibility index (Phi) is 3.94. The third-order valence-electron chi connectivity index (χ3n) is 4.93. The average molecular weight is 323 g/mol. The van der Waals surface area contributed by atoms with Gasteiger partial charge in [-0.2, -0.15) is 0 Å². The van der Waals surface area contributed by atoms with Gasteiger partial charge in [0.2, 0.25) is 0 Å². The van der Waals surface area contributed by atoms with Crippen LogP contribution >= 0.6 is 0 Å². The number of hydrogen-bond acceptors (Lipinski definition) is 4. The third kappa shape index (κ3) is 2.76. The smallest absolute Gasteiger partial charge is 0.253 e. The van der Waals surface area contributed by atoms with Crippen LogP contribution in [0.1, 0.15) is 40.4 Å². The maximum absolute atomic E-state index is 12.5. The molecule has 124 valence electrons. The van der Waals surface area contributed by atoms with Crippen LogP contribution in [0.25, 0.3) is 0 Å². The van der Waals surface area contributed by atoms with E-state index in [-0.39, 0.29) is 11.9 Å². The molecule has 2 atom stereocenters. The monoisotopic (exact) mass is 323 g/mol. The summed E-state index contributed by atoms with van der Waals surface area (Å²) in [6, 6.07) is 11.2. The quantitative estimate of drug-likeness (QED) is 0.907. The Bertz CT molecular complexity index is 739. The summed E-state index contributed by atoms with van der Waals surface area (Å²) < 4.78 is 0. The first-order valence-corrected chi connectivity index (χ1v) is 8.50. The van der Waals surface area contributed by atoms with E-state index in [1.807, 2.05) is 36.4 Å². The van der Waals surface area contributed by atoms with E-state index in [4.69, 9.17) is 0 Å². The van der Waals surface area contributed by atoms with Crippen molar-refractivity contribution in [1.82, 2.24) is 10.3 Å². The van der Waals surface area contributed by atoms with Crippen molar-refractivity contribution >= 4 is 11.7 Å². The summed E-state index contributed by atoms with van der Waals surface area (Å²) >= 11 is 0. The molecule has 1 aliphatic carbocycles. The first kappa shape index (κ1) is 15.1. The Hall–Kier alpha value is -2.40. The molecule has 1 amide bonds. The van der Waals surface area contributed by atoms with E-state index in [2.05, 4.69) is 15.2 Å². The van der Waals surface area contributed by atoms with E-state index in [0.29, 0.717) is 12.0 Å². The lowest BCUT2D eigenvalue weighted by Gasteiger charge is -2.19. The van der Waals surface area contributed by atoms with Crippen molar-refractivity contribution in [3.8, 4) is 0 Å². The Morgan fingerprint density at radius 1 is 1.17 bits per heavy atom. The highest BCUT2D eigenvalue weighted by molar-refractivity contribution is 5.94. The highest BCUT2D eigenvalue weighted by Gasteiger charge is 2.32. The van der Waals surface area contributed by atoms with Crippen molar-refractivity contribution in [3.05, 3.63) is 59.3 Å². The predicted molar refractivity (Wildman–Crippen MR) is 92.0 cm³/mol. The molecule has 2 aliphatic rings. The molecule has 2 heterocycles. The van der Waals surface area contributed by atoms with Crippen molar-refractivity contribution in [2.75, 3.05) is 18.0 Å². The van der Waals surface area contributed by atoms with Crippen LogP contribution in [-0.4, -0.2) is 35.2 Å². The topological polar surface area (TPSA) is 65.5 Å². The molecule has 5 nitrogen and oxygen atoms in total. The summed E-state index contributed by atoms with van der Waals surface area (Å²) in [5.41, 5.74) is 2.62. The molecule has 0 saturated carbocycles. The van der Waals surface area contributed by atoms with Gasteiger partial charge in [-0.25, -0.2) is 4.98 Å². The molecule has 24 heavy (non-hydrogen) atoms. The molecule has 2 aromatic rings. The number of nitrogens with one attached hydrogen (secondary N) is 1. The number of hydrogen-bond donors (Lipinski definition) is 2. The number of aromatic nitrogens is 1. The molecule has 0 spiro atoms. The molecule has 1 saturated heterocycles. The molecule has 1 aromatic carbocycles. The predicted octanol–water partition coefficient (Wildman–Crippen LogP) is 2.07. The second-order valence-electron chi connectivity index (χ2n) is 6.52. The van der Waals surface area contributed by atoms with E-state index >= 15 is 0 Å². The van der Waals surface area contributed by atoms with Gasteiger partial charge in [-0.15, -0.1) is 0 Å². The number of carbonyl (C=O) groups is 1. The fourth-order valence-corrected chi connectivity index (χ4v) is 3.63. The minimum atomic E-state index is -0.580. The first-order chi connectivity index (χ1) is 11.7. The Labute approximate surface area is 141 Å². The largest absolute Gasteiger partial charge is 0.390 e. The summed E-state index contributed by atoms with van der Waals surface area (Å²) in [4.78, 5) is 19.2. The minimum Gasteiger partial charge on any atom is -0.390 e. The number of benzene rings is 1. The number of fused-ring (bicyclic) bond motifs is 1. The van der Waals surface area contributed by atoms with Crippen LogP contribution in [0.2, 0.25) is 0 Å². The summed E-state index contributed by atoms with van der Waals surface area (Å²) in [6.45, 7) is 2.06. The molecule has 1 aliphatic heterocycles. The molecule has 0 unspecified atom stereocenters. The van der Waals surface area contributed by atoms with E-state index in [1.54, 1.807) is 6.20 Å². The second-order valence-corrected chi connectivity index (χ2v) is 6.52. The lowest BCUT2D eigenvalue weighted by atomic mass is 10.1. The van der Waals surface area contributed by atoms with E-state index in [0.717, 1.165) is 30.0 Å². The normalized spacial score (nSPS) is 22.5. The van der Waals surface area contributed by atoms with Gasteiger partial charge in [0.05, 0.1) is 17.7 Å². The molecular formula is C19H21N3O2. The minimum absolute atomic E-state index is 0.198. The Morgan fingerprint density at radius 2 is 1.96 bits per heavy atom. The van der Waals surface area contributed by atoms with Crippen LogP contribution in [0.5, 0.6) is 0 Å². The van der Waals surface area contributed by atoms with Crippen LogP contribution < -0.4 is 10.2 Å². The fraction of sp³-hybridized carbons (Fsp3) is 0.368. The molecule has 2 N–H and O–H groups in total. The van der Waals surface area contributed by atoms with E-state index < -0.39 is 6.10 Å². The van der Waals surface area contributed by atoms with Gasteiger partial charge < -0.3 is 15.3 Å². The second kappa shape index (κ2) is 6.24. The van der Waals surface area contributed by atoms with Crippen LogP contribution in [0.15, 0.2) is 42.6 Å². The van der Waals surface area contributed by atoms with E-state index in [1.165, 1.54) is 12.8 Å². The summed E-state index contributed by atoms with van der Waals surface area (Å²) in [5.74, 6) is 0.728. The van der Waals surface area contributed by atoms with Gasteiger partial charge in [-0.3, -0.25) is 4.79 Å². The Morgan fingerprint density at radius 3 is 2.71 bits per heavy atom. The first-order valence-electron chi connectivity index (χ1n) is 8.50. The standard InChI is InChI=1S/C19H21N3O2/c23-16-11-13-5-1-2-6-15(13)18(16)21-19(24)14-7-8-17(20-12-14)22-9-3-4-10-22/h1-2,5-8,12,16,18,23H,3-4,9-11H2,(H,21,24)/t16-,18-/m0/s1. The lowest BCUT2D eigenvalue weighted by molar-refractivity contribution is 0.0858. The molecule has 1 aromatic heterocycles. The summed E-state index contributed by atoms with van der Waals surface area (Å²) in [6.07, 6.45) is 4.01. The zero-order valence-electron chi connectivity index (χ0n) is 13.5. The maximum atomic E-state index is 12.5. The number of anilines is 1. The van der Waals surface area contributed by atoms with Crippen molar-refractivity contribution in [2.45, 2.75) is 31.4 Å². The highest BCUT2D eigenvalue weighted by atomic mass is 16.3. The average Bonchev–Trinajstić information content (AvgIpc) is 3.24. The van der Waals surface area contributed by atoms with Gasteiger partial charge in [0, 0.05) is 25.7 Å². The van der Waals surface area contributed by atoms with Crippen molar-refractivity contribution < 1.29 is 9.90 Å². The van der Waals surface area contributed by atoms with Crippen molar-refractivity contribution in [2.24, 2.45) is 0 Å². The number of aliphatic hydroxyl groups is 1. The molecular weight excluding hydrogens is 302 g/mol. The summed E-state index contributed by atoms with van der Waals surface area (Å²) in [5, 5.41) is 13.2. The zero-order valence-corrected chi connectivity index (χ0v) is 13.5. The van der Waals surface area contributed by atoms with Gasteiger partial charge in [0.25, 0.3) is 5.91 Å². The van der Waals surface area contributed by atoms with Gasteiger partial charge in [0.1, 0.15) is 5.82 Å². The maximum Gasteiger partial charge on any atom is 0.253 e. The number of nitrogens with zero attached hydrogens (tertiary/aromatic N) is 2. The zero-order chi connectivity index (χ0) is 16.5. The third-order valence-corrected chi connectivity index (χ3v) is 4.93. The summed E-state index contributed by atoms with van der Waals surface area (Å²) in [7, 11) is 0. The number of carbonyl (C=O) groups excluding carboxylic acids is 1. The van der Waals surface area contributed by atoms with Crippen LogP contribution in [0.4, 0.5) is 5.82 Å². The molecule has 1 fully saturated rings. The number of aliphatic hydroxyl groups excluding tert-OH is 1. The van der Waals surface area contributed by atoms with Gasteiger partial charge in [-0.05, 0) is 36.1 Å². The van der Waals surface area contributed by atoms with E-state index in [9.17, 15) is 9.90 Å². The molecule has 0 bridgehead atoms. The van der Waals surface area contributed by atoms with Crippen LogP contribution in [-0.2, 0) is 6.42 Å². The SMILES string of the molecule is O=C(N[C@H]1c2ccccc2C[C@@H]1O)c1ccc(N2CCCC2)nc1. The van der Waals surface area contributed by atoms with Gasteiger partial charge in [0.15, 0.2) is 0 Å². The van der Waals surface area contributed by atoms with Crippen LogP contribution in [0, 0.1) is 0 Å². The number of amides is 1. The van der Waals surface area contributed by atoms with Gasteiger partial charge >= 0.3 is 0 Å². The number of rotatable bonds is 3. The van der Waals surface area contributed by atoms with Gasteiger partial charge in [-0.1, -0.05) is 24.3 Å². The van der Waals surface area contributed by atoms with Crippen molar-refractivity contribution in [1.29, 1.82) is 0 Å². The van der Waals surface area contributed by atoms with Crippen molar-refractivity contribution in [3.63, 3.8) is 0 Å². The molecule has 5 heteroatoms. The highest BCUT2D eigenvalue weighted by Crippen LogP contribution is 2.31. The Balaban J connectivity index is 1.48. The lowest BCUT2D eigenvalue weighted by Crippen LogP contribution is -2.34. The number of pyridine rings is 1. The molecule has 0 radical (unpaired) electrons. The fourth-order valence-electron chi connectivity index (χ4n) is 3.63. The van der Waals surface area contributed by atoms with Crippen LogP contribution in [0.3, 0.4) is 0 Å². The molecule has 4 rings (SSSR count).